The molecule has 4 N–H and O–H groups in total. The Bertz CT molecular complexity index is 258. The minimum absolute atomic E-state index is 0.0250. The maximum atomic E-state index is 11.3. The SMILES string of the molecule is CC(C)OCCOC1CCCC(N)(C(N)=O)C1. The predicted molar refractivity (Wildman–Crippen MR) is 65.4 cm³/mol. The summed E-state index contributed by atoms with van der Waals surface area (Å²) in [6.45, 7) is 5.08. The van der Waals surface area contributed by atoms with Crippen molar-refractivity contribution >= 4 is 5.91 Å². The van der Waals surface area contributed by atoms with Crippen LogP contribution in [-0.2, 0) is 14.3 Å². The van der Waals surface area contributed by atoms with E-state index in [-0.39, 0.29) is 12.2 Å². The lowest BCUT2D eigenvalue weighted by Gasteiger charge is -2.35. The maximum Gasteiger partial charge on any atom is 0.237 e. The molecule has 1 rings (SSSR count). The van der Waals surface area contributed by atoms with E-state index >= 15 is 0 Å². The van der Waals surface area contributed by atoms with Gasteiger partial charge in [0.15, 0.2) is 0 Å². The molecule has 2 unspecified atom stereocenters. The fourth-order valence-corrected chi connectivity index (χ4v) is 2.12. The van der Waals surface area contributed by atoms with Gasteiger partial charge >= 0.3 is 0 Å². The standard InChI is InChI=1S/C12H24N2O3/c1-9(2)16-6-7-17-10-4-3-5-12(14,8-10)11(13)15/h9-10H,3-8,14H2,1-2H3,(H2,13,15). The molecule has 1 fully saturated rings. The zero-order chi connectivity index (χ0) is 12.9. The topological polar surface area (TPSA) is 87.6 Å². The third-order valence-corrected chi connectivity index (χ3v) is 3.12. The molecule has 2 atom stereocenters. The van der Waals surface area contributed by atoms with Crippen molar-refractivity contribution in [2.45, 2.75) is 57.3 Å². The van der Waals surface area contributed by atoms with Crippen LogP contribution < -0.4 is 11.5 Å². The molecule has 5 nitrogen and oxygen atoms in total. The fraction of sp³-hybridized carbons (Fsp3) is 0.917. The normalized spacial score (nSPS) is 29.5. The van der Waals surface area contributed by atoms with Gasteiger partial charge in [-0.15, -0.1) is 0 Å². The Morgan fingerprint density at radius 1 is 1.47 bits per heavy atom. The molecule has 0 aromatic heterocycles. The van der Waals surface area contributed by atoms with Crippen molar-refractivity contribution in [3.05, 3.63) is 0 Å². The van der Waals surface area contributed by atoms with Gasteiger partial charge in [0.25, 0.3) is 0 Å². The van der Waals surface area contributed by atoms with Crippen molar-refractivity contribution in [2.75, 3.05) is 13.2 Å². The van der Waals surface area contributed by atoms with Crippen LogP contribution in [0.1, 0.15) is 39.5 Å². The number of carbonyl (C=O) groups excluding carboxylic acids is 1. The molecule has 0 bridgehead atoms. The number of hydrogen-bond acceptors (Lipinski definition) is 4. The number of carbonyl (C=O) groups is 1. The minimum atomic E-state index is -0.887. The van der Waals surface area contributed by atoms with Crippen LogP contribution in [0.4, 0.5) is 0 Å². The summed E-state index contributed by atoms with van der Waals surface area (Å²) in [6, 6.07) is 0. The summed E-state index contributed by atoms with van der Waals surface area (Å²) < 4.78 is 11.1. The van der Waals surface area contributed by atoms with Crippen LogP contribution in [0.5, 0.6) is 0 Å². The van der Waals surface area contributed by atoms with E-state index in [4.69, 9.17) is 20.9 Å². The molecule has 5 heteroatoms. The van der Waals surface area contributed by atoms with Crippen molar-refractivity contribution in [3.8, 4) is 0 Å². The fourth-order valence-electron chi connectivity index (χ4n) is 2.12. The lowest BCUT2D eigenvalue weighted by Crippen LogP contribution is -2.56. The van der Waals surface area contributed by atoms with Crippen LogP contribution >= 0.6 is 0 Å². The van der Waals surface area contributed by atoms with E-state index in [1.54, 1.807) is 0 Å². The van der Waals surface area contributed by atoms with Gasteiger partial charge in [0, 0.05) is 6.42 Å². The van der Waals surface area contributed by atoms with Gasteiger partial charge in [-0.25, -0.2) is 0 Å². The lowest BCUT2D eigenvalue weighted by atomic mass is 9.80. The van der Waals surface area contributed by atoms with E-state index in [0.29, 0.717) is 26.1 Å². The van der Waals surface area contributed by atoms with E-state index in [2.05, 4.69) is 0 Å². The quantitative estimate of drug-likeness (QED) is 0.668. The first kappa shape index (κ1) is 14.4. The van der Waals surface area contributed by atoms with Crippen molar-refractivity contribution in [2.24, 2.45) is 11.5 Å². The van der Waals surface area contributed by atoms with Crippen LogP contribution in [0.25, 0.3) is 0 Å². The molecule has 100 valence electrons. The second-order valence-corrected chi connectivity index (χ2v) is 5.03. The zero-order valence-electron chi connectivity index (χ0n) is 10.8. The van der Waals surface area contributed by atoms with Gasteiger partial charge in [-0.05, 0) is 33.1 Å². The minimum Gasteiger partial charge on any atom is -0.376 e. The zero-order valence-corrected chi connectivity index (χ0v) is 10.8. The van der Waals surface area contributed by atoms with E-state index in [0.717, 1.165) is 12.8 Å². The first-order chi connectivity index (χ1) is 7.94. The van der Waals surface area contributed by atoms with Gasteiger partial charge in [-0.3, -0.25) is 4.79 Å². The van der Waals surface area contributed by atoms with Gasteiger partial charge in [0.2, 0.25) is 5.91 Å². The van der Waals surface area contributed by atoms with Crippen LogP contribution in [0.3, 0.4) is 0 Å². The highest BCUT2D eigenvalue weighted by molar-refractivity contribution is 5.84. The molecule has 0 aromatic carbocycles. The predicted octanol–water partition coefficient (Wildman–Crippen LogP) is 0.553. The molecule has 0 heterocycles. The summed E-state index contributed by atoms with van der Waals surface area (Å²) in [5.74, 6) is -0.427. The first-order valence-corrected chi connectivity index (χ1v) is 6.26. The monoisotopic (exact) mass is 244 g/mol. The smallest absolute Gasteiger partial charge is 0.237 e. The number of amides is 1. The average Bonchev–Trinajstić information content (AvgIpc) is 2.24. The molecule has 0 aliphatic heterocycles. The van der Waals surface area contributed by atoms with Gasteiger partial charge < -0.3 is 20.9 Å². The Morgan fingerprint density at radius 3 is 2.76 bits per heavy atom. The van der Waals surface area contributed by atoms with E-state index in [1.807, 2.05) is 13.8 Å². The number of primary amides is 1. The molecule has 1 aliphatic rings. The summed E-state index contributed by atoms with van der Waals surface area (Å²) in [4.78, 5) is 11.3. The molecule has 1 amide bonds. The Morgan fingerprint density at radius 2 is 2.18 bits per heavy atom. The Hall–Kier alpha value is -0.650. The molecule has 0 saturated heterocycles. The van der Waals surface area contributed by atoms with Gasteiger partial charge in [-0.1, -0.05) is 0 Å². The van der Waals surface area contributed by atoms with Crippen molar-refractivity contribution < 1.29 is 14.3 Å². The highest BCUT2D eigenvalue weighted by Gasteiger charge is 2.38. The Kier molecular flexibility index (Phi) is 5.36. The van der Waals surface area contributed by atoms with Crippen molar-refractivity contribution in [1.82, 2.24) is 0 Å². The first-order valence-electron chi connectivity index (χ1n) is 6.26. The second kappa shape index (κ2) is 6.33. The molecule has 17 heavy (non-hydrogen) atoms. The van der Waals surface area contributed by atoms with Gasteiger partial charge in [-0.2, -0.15) is 0 Å². The largest absolute Gasteiger partial charge is 0.376 e. The molecule has 0 spiro atoms. The molecule has 0 radical (unpaired) electrons. The summed E-state index contributed by atoms with van der Waals surface area (Å²) >= 11 is 0. The number of hydrogen-bond donors (Lipinski definition) is 2. The molecule has 0 aromatic rings. The van der Waals surface area contributed by atoms with Crippen LogP contribution in [0.15, 0.2) is 0 Å². The molecular formula is C12H24N2O3. The lowest BCUT2D eigenvalue weighted by molar-refractivity contribution is -0.126. The van der Waals surface area contributed by atoms with Crippen molar-refractivity contribution in [1.29, 1.82) is 0 Å². The van der Waals surface area contributed by atoms with E-state index in [9.17, 15) is 4.79 Å². The van der Waals surface area contributed by atoms with Gasteiger partial charge in [0.1, 0.15) is 0 Å². The van der Waals surface area contributed by atoms with E-state index in [1.165, 1.54) is 0 Å². The maximum absolute atomic E-state index is 11.3. The summed E-state index contributed by atoms with van der Waals surface area (Å²) in [6.07, 6.45) is 3.23. The summed E-state index contributed by atoms with van der Waals surface area (Å²) in [5.41, 5.74) is 10.4. The van der Waals surface area contributed by atoms with Crippen LogP contribution in [0, 0.1) is 0 Å². The highest BCUT2D eigenvalue weighted by atomic mass is 16.5. The van der Waals surface area contributed by atoms with Crippen LogP contribution in [0.2, 0.25) is 0 Å². The Balaban J connectivity index is 2.28. The van der Waals surface area contributed by atoms with Crippen molar-refractivity contribution in [3.63, 3.8) is 0 Å². The molecular weight excluding hydrogens is 220 g/mol. The van der Waals surface area contributed by atoms with Gasteiger partial charge in [0.05, 0.1) is 31.0 Å². The summed E-state index contributed by atoms with van der Waals surface area (Å²) in [7, 11) is 0. The van der Waals surface area contributed by atoms with Crippen LogP contribution in [-0.4, -0.2) is 36.9 Å². The third-order valence-electron chi connectivity index (χ3n) is 3.12. The third kappa shape index (κ3) is 4.61. The average molecular weight is 244 g/mol. The van der Waals surface area contributed by atoms with E-state index < -0.39 is 11.4 Å². The highest BCUT2D eigenvalue weighted by Crippen LogP contribution is 2.27. The molecule has 1 saturated carbocycles. The second-order valence-electron chi connectivity index (χ2n) is 5.03. The number of ether oxygens (including phenoxy) is 2. The number of rotatable bonds is 6. The summed E-state index contributed by atoms with van der Waals surface area (Å²) in [5, 5.41) is 0. The Labute approximate surface area is 103 Å². The number of nitrogens with two attached hydrogens (primary N) is 2. The molecule has 1 aliphatic carbocycles.